The van der Waals surface area contributed by atoms with Crippen molar-refractivity contribution in [3.63, 3.8) is 0 Å². The van der Waals surface area contributed by atoms with Crippen LogP contribution in [0.5, 0.6) is 0 Å². The van der Waals surface area contributed by atoms with Crippen LogP contribution in [0.2, 0.25) is 0 Å². The molecular weight excluding hydrogens is 342 g/mol. The molecule has 0 aliphatic rings. The highest BCUT2D eigenvalue weighted by Crippen LogP contribution is 2.28. The maximum Gasteiger partial charge on any atom is 0.229 e. The van der Waals surface area contributed by atoms with Crippen LogP contribution in [0.1, 0.15) is 62.3 Å². The van der Waals surface area contributed by atoms with Gasteiger partial charge in [-0.2, -0.15) is 0 Å². The van der Waals surface area contributed by atoms with E-state index in [0.29, 0.717) is 17.1 Å². The summed E-state index contributed by atoms with van der Waals surface area (Å²) in [6.45, 7) is 16.3. The number of anilines is 3. The summed E-state index contributed by atoms with van der Waals surface area (Å²) in [5.74, 6) is -0.473. The van der Waals surface area contributed by atoms with Gasteiger partial charge in [0.15, 0.2) is 0 Å². The Morgan fingerprint density at radius 3 is 0.852 bits per heavy atom. The van der Waals surface area contributed by atoms with Crippen LogP contribution in [0.4, 0.5) is 17.1 Å². The minimum atomic E-state index is -0.570. The first-order chi connectivity index (χ1) is 12.0. The fourth-order valence-corrected chi connectivity index (χ4v) is 1.80. The average Bonchev–Trinajstić information content (AvgIpc) is 2.43. The number of carbonyl (C=O) groups is 3. The molecule has 0 saturated heterocycles. The molecule has 0 atom stereocenters. The predicted molar refractivity (Wildman–Crippen MR) is 111 cm³/mol. The van der Waals surface area contributed by atoms with Crippen molar-refractivity contribution in [2.45, 2.75) is 62.3 Å². The summed E-state index contributed by atoms with van der Waals surface area (Å²) < 4.78 is 0. The molecule has 0 radical (unpaired) electrons. The van der Waals surface area contributed by atoms with Gasteiger partial charge in [0.1, 0.15) is 0 Å². The van der Waals surface area contributed by atoms with Crippen molar-refractivity contribution in [3.8, 4) is 0 Å². The molecule has 0 bridgehead atoms. The lowest BCUT2D eigenvalue weighted by molar-refractivity contribution is -0.123. The fourth-order valence-electron chi connectivity index (χ4n) is 1.80. The van der Waals surface area contributed by atoms with Crippen LogP contribution in [0.15, 0.2) is 18.2 Å². The second-order valence-electron chi connectivity index (χ2n) is 9.91. The molecule has 1 rings (SSSR count). The third-order valence-corrected chi connectivity index (χ3v) is 3.75. The van der Waals surface area contributed by atoms with E-state index in [1.54, 1.807) is 18.2 Å². The first-order valence-corrected chi connectivity index (χ1v) is 9.09. The Hall–Kier alpha value is -2.37. The highest BCUT2D eigenvalue weighted by Gasteiger charge is 2.25. The summed E-state index contributed by atoms with van der Waals surface area (Å²) in [7, 11) is 0. The van der Waals surface area contributed by atoms with Gasteiger partial charge >= 0.3 is 0 Å². The number of benzene rings is 1. The van der Waals surface area contributed by atoms with Gasteiger partial charge in [-0.25, -0.2) is 0 Å². The quantitative estimate of drug-likeness (QED) is 0.719. The van der Waals surface area contributed by atoms with Gasteiger partial charge < -0.3 is 16.0 Å². The fraction of sp³-hybridized carbons (Fsp3) is 0.571. The Labute approximate surface area is 162 Å². The largest absolute Gasteiger partial charge is 0.325 e. The standard InChI is InChI=1S/C21H33N3O3/c1-19(2,3)16(25)22-13-10-14(23-17(26)20(4,5)6)12-15(11-13)24-18(27)21(7,8)9/h10-12H,1-9H3,(H,22,25)(H,23,26)(H,24,27). The summed E-state index contributed by atoms with van der Waals surface area (Å²) in [6, 6.07) is 5.04. The van der Waals surface area contributed by atoms with Crippen molar-refractivity contribution in [3.05, 3.63) is 18.2 Å². The van der Waals surface area contributed by atoms with E-state index in [9.17, 15) is 14.4 Å². The Kier molecular flexibility index (Phi) is 6.47. The minimum Gasteiger partial charge on any atom is -0.325 e. The van der Waals surface area contributed by atoms with Crippen molar-refractivity contribution < 1.29 is 14.4 Å². The van der Waals surface area contributed by atoms with Crippen LogP contribution in [0.25, 0.3) is 0 Å². The van der Waals surface area contributed by atoms with Crippen LogP contribution >= 0.6 is 0 Å². The Bertz CT molecular complexity index is 620. The second kappa shape index (κ2) is 7.71. The van der Waals surface area contributed by atoms with Gasteiger partial charge in [0, 0.05) is 33.3 Å². The van der Waals surface area contributed by atoms with Gasteiger partial charge in [-0.15, -0.1) is 0 Å². The van der Waals surface area contributed by atoms with Crippen molar-refractivity contribution in [2.75, 3.05) is 16.0 Å². The van der Waals surface area contributed by atoms with Gasteiger partial charge in [-0.3, -0.25) is 14.4 Å². The number of carbonyl (C=O) groups excluding carboxylic acids is 3. The maximum absolute atomic E-state index is 12.3. The van der Waals surface area contributed by atoms with Gasteiger partial charge in [0.05, 0.1) is 0 Å². The Balaban J connectivity index is 3.24. The zero-order valence-electron chi connectivity index (χ0n) is 18.0. The van der Waals surface area contributed by atoms with E-state index in [-0.39, 0.29) is 17.7 Å². The molecule has 0 aliphatic heterocycles. The zero-order chi connectivity index (χ0) is 21.2. The zero-order valence-corrected chi connectivity index (χ0v) is 18.0. The first kappa shape index (κ1) is 22.7. The molecule has 0 unspecified atom stereocenters. The van der Waals surface area contributed by atoms with Crippen molar-refractivity contribution in [1.82, 2.24) is 0 Å². The SMILES string of the molecule is CC(C)(C)C(=O)Nc1cc(NC(=O)C(C)(C)C)cc(NC(=O)C(C)(C)C)c1. The Morgan fingerprint density at radius 2 is 0.704 bits per heavy atom. The first-order valence-electron chi connectivity index (χ1n) is 9.09. The van der Waals surface area contributed by atoms with E-state index in [4.69, 9.17) is 0 Å². The summed E-state index contributed by atoms with van der Waals surface area (Å²) in [6.07, 6.45) is 0. The van der Waals surface area contributed by atoms with E-state index in [1.165, 1.54) is 0 Å². The maximum atomic E-state index is 12.3. The molecule has 27 heavy (non-hydrogen) atoms. The third-order valence-electron chi connectivity index (χ3n) is 3.75. The Morgan fingerprint density at radius 1 is 0.519 bits per heavy atom. The van der Waals surface area contributed by atoms with Crippen molar-refractivity contribution >= 4 is 34.8 Å². The number of amides is 3. The van der Waals surface area contributed by atoms with Crippen LogP contribution < -0.4 is 16.0 Å². The molecule has 0 saturated carbocycles. The summed E-state index contributed by atoms with van der Waals surface area (Å²) >= 11 is 0. The van der Waals surface area contributed by atoms with E-state index < -0.39 is 16.2 Å². The predicted octanol–water partition coefficient (Wildman–Crippen LogP) is 4.64. The number of rotatable bonds is 3. The monoisotopic (exact) mass is 375 g/mol. The number of nitrogens with one attached hydrogen (secondary N) is 3. The summed E-state index contributed by atoms with van der Waals surface area (Å²) in [5.41, 5.74) is -0.194. The smallest absolute Gasteiger partial charge is 0.229 e. The molecule has 0 heterocycles. The van der Waals surface area contributed by atoms with Crippen LogP contribution in [-0.4, -0.2) is 17.7 Å². The van der Waals surface area contributed by atoms with E-state index in [0.717, 1.165) is 0 Å². The topological polar surface area (TPSA) is 87.3 Å². The molecule has 0 fully saturated rings. The van der Waals surface area contributed by atoms with E-state index in [2.05, 4.69) is 16.0 Å². The van der Waals surface area contributed by atoms with Gasteiger partial charge in [0.25, 0.3) is 0 Å². The van der Waals surface area contributed by atoms with Gasteiger partial charge in [-0.1, -0.05) is 62.3 Å². The molecule has 0 aromatic heterocycles. The van der Waals surface area contributed by atoms with Crippen molar-refractivity contribution in [2.24, 2.45) is 16.2 Å². The lowest BCUT2D eigenvalue weighted by Crippen LogP contribution is -2.30. The third kappa shape index (κ3) is 7.04. The molecule has 3 N–H and O–H groups in total. The normalized spacial score (nSPS) is 12.3. The van der Waals surface area contributed by atoms with E-state index in [1.807, 2.05) is 62.3 Å². The second-order valence-corrected chi connectivity index (χ2v) is 9.91. The molecule has 0 spiro atoms. The molecule has 1 aromatic carbocycles. The molecule has 1 aromatic rings. The molecule has 150 valence electrons. The van der Waals surface area contributed by atoms with Crippen LogP contribution in [0.3, 0.4) is 0 Å². The summed E-state index contributed by atoms with van der Waals surface area (Å²) in [5, 5.41) is 8.54. The van der Waals surface area contributed by atoms with Crippen molar-refractivity contribution in [1.29, 1.82) is 0 Å². The molecule has 0 aliphatic carbocycles. The number of hydrogen-bond acceptors (Lipinski definition) is 3. The average molecular weight is 376 g/mol. The lowest BCUT2D eigenvalue weighted by atomic mass is 9.95. The minimum absolute atomic E-state index is 0.158. The lowest BCUT2D eigenvalue weighted by Gasteiger charge is -2.22. The molecular formula is C21H33N3O3. The van der Waals surface area contributed by atoms with Gasteiger partial charge in [-0.05, 0) is 18.2 Å². The molecule has 6 nitrogen and oxygen atoms in total. The highest BCUT2D eigenvalue weighted by molar-refractivity contribution is 6.00. The van der Waals surface area contributed by atoms with E-state index >= 15 is 0 Å². The number of hydrogen-bond donors (Lipinski definition) is 3. The summed E-state index contributed by atoms with van der Waals surface area (Å²) in [4.78, 5) is 37.0. The van der Waals surface area contributed by atoms with Crippen LogP contribution in [-0.2, 0) is 14.4 Å². The molecule has 6 heteroatoms. The highest BCUT2D eigenvalue weighted by atomic mass is 16.2. The molecule has 3 amide bonds. The van der Waals surface area contributed by atoms with Gasteiger partial charge in [0.2, 0.25) is 17.7 Å². The van der Waals surface area contributed by atoms with Crippen LogP contribution in [0, 0.1) is 16.2 Å².